The summed E-state index contributed by atoms with van der Waals surface area (Å²) in [5.74, 6) is 1.26. The SMILES string of the molecule is CCCCCCNC(=O)C=Cc1ccc(OC)c(OC)c1. The zero-order valence-corrected chi connectivity index (χ0v) is 13.1. The van der Waals surface area contributed by atoms with Crippen LogP contribution in [-0.2, 0) is 4.79 Å². The Hall–Kier alpha value is -1.97. The molecular weight excluding hydrogens is 266 g/mol. The highest BCUT2D eigenvalue weighted by atomic mass is 16.5. The molecule has 0 aliphatic carbocycles. The van der Waals surface area contributed by atoms with Gasteiger partial charge in [-0.2, -0.15) is 0 Å². The number of benzene rings is 1. The molecule has 1 rings (SSSR count). The van der Waals surface area contributed by atoms with Gasteiger partial charge in [-0.25, -0.2) is 0 Å². The van der Waals surface area contributed by atoms with E-state index in [0.29, 0.717) is 11.5 Å². The van der Waals surface area contributed by atoms with Gasteiger partial charge in [-0.15, -0.1) is 0 Å². The molecule has 1 N–H and O–H groups in total. The second kappa shape index (κ2) is 9.86. The quantitative estimate of drug-likeness (QED) is 0.560. The molecule has 0 radical (unpaired) electrons. The van der Waals surface area contributed by atoms with Crippen LogP contribution in [-0.4, -0.2) is 26.7 Å². The van der Waals surface area contributed by atoms with Gasteiger partial charge in [0.05, 0.1) is 14.2 Å². The molecule has 0 aromatic heterocycles. The van der Waals surface area contributed by atoms with Crippen LogP contribution in [0.2, 0.25) is 0 Å². The summed E-state index contributed by atoms with van der Waals surface area (Å²) in [5, 5.41) is 2.88. The molecule has 0 aliphatic heterocycles. The molecule has 116 valence electrons. The Labute approximate surface area is 127 Å². The van der Waals surface area contributed by atoms with Gasteiger partial charge in [0, 0.05) is 12.6 Å². The van der Waals surface area contributed by atoms with E-state index in [1.54, 1.807) is 26.4 Å². The summed E-state index contributed by atoms with van der Waals surface area (Å²) in [7, 11) is 3.19. The zero-order chi connectivity index (χ0) is 15.5. The Kier molecular flexibility index (Phi) is 8.02. The van der Waals surface area contributed by atoms with Crippen molar-refractivity contribution in [2.24, 2.45) is 0 Å². The lowest BCUT2D eigenvalue weighted by atomic mass is 10.2. The average Bonchev–Trinajstić information content (AvgIpc) is 2.52. The fraction of sp³-hybridized carbons (Fsp3) is 0.471. The van der Waals surface area contributed by atoms with Crippen LogP contribution in [0.3, 0.4) is 0 Å². The Balaban J connectivity index is 2.46. The zero-order valence-electron chi connectivity index (χ0n) is 13.1. The summed E-state index contributed by atoms with van der Waals surface area (Å²) >= 11 is 0. The minimum atomic E-state index is -0.0683. The van der Waals surface area contributed by atoms with Crippen LogP contribution in [0, 0.1) is 0 Å². The second-order valence-corrected chi connectivity index (χ2v) is 4.80. The van der Waals surface area contributed by atoms with Crippen molar-refractivity contribution in [3.05, 3.63) is 29.8 Å². The van der Waals surface area contributed by atoms with Crippen LogP contribution in [0.4, 0.5) is 0 Å². The maximum absolute atomic E-state index is 11.7. The van der Waals surface area contributed by atoms with E-state index in [9.17, 15) is 4.79 Å². The second-order valence-electron chi connectivity index (χ2n) is 4.80. The van der Waals surface area contributed by atoms with Crippen molar-refractivity contribution in [3.63, 3.8) is 0 Å². The maximum atomic E-state index is 11.7. The van der Waals surface area contributed by atoms with Gasteiger partial charge in [-0.05, 0) is 30.2 Å². The van der Waals surface area contributed by atoms with Crippen molar-refractivity contribution in [2.75, 3.05) is 20.8 Å². The fourth-order valence-corrected chi connectivity index (χ4v) is 1.95. The minimum absolute atomic E-state index is 0.0683. The number of nitrogens with one attached hydrogen (secondary N) is 1. The van der Waals surface area contributed by atoms with Crippen molar-refractivity contribution in [3.8, 4) is 11.5 Å². The highest BCUT2D eigenvalue weighted by molar-refractivity contribution is 5.91. The number of rotatable bonds is 9. The van der Waals surface area contributed by atoms with E-state index in [1.165, 1.54) is 12.8 Å². The number of unbranched alkanes of at least 4 members (excludes halogenated alkanes) is 3. The summed E-state index contributed by atoms with van der Waals surface area (Å²) in [6, 6.07) is 5.54. The van der Waals surface area contributed by atoms with Crippen molar-refractivity contribution < 1.29 is 14.3 Å². The standard InChI is InChI=1S/C17H25NO3/c1-4-5-6-7-12-18-17(19)11-9-14-8-10-15(20-2)16(13-14)21-3/h8-11,13H,4-7,12H2,1-3H3,(H,18,19). The minimum Gasteiger partial charge on any atom is -0.493 e. The normalized spacial score (nSPS) is 10.6. The Morgan fingerprint density at radius 1 is 1.14 bits per heavy atom. The van der Waals surface area contributed by atoms with Gasteiger partial charge < -0.3 is 14.8 Å². The molecule has 1 amide bonds. The molecule has 0 unspecified atom stereocenters. The topological polar surface area (TPSA) is 47.6 Å². The van der Waals surface area contributed by atoms with E-state index < -0.39 is 0 Å². The lowest BCUT2D eigenvalue weighted by Gasteiger charge is -2.07. The number of carbonyl (C=O) groups excluding carboxylic acids is 1. The van der Waals surface area contributed by atoms with E-state index in [-0.39, 0.29) is 5.91 Å². The molecule has 0 saturated carbocycles. The highest BCUT2D eigenvalue weighted by Gasteiger charge is 2.03. The molecule has 0 bridgehead atoms. The van der Waals surface area contributed by atoms with Crippen molar-refractivity contribution in [2.45, 2.75) is 32.6 Å². The van der Waals surface area contributed by atoms with Crippen molar-refractivity contribution in [1.29, 1.82) is 0 Å². The first-order chi connectivity index (χ1) is 10.2. The van der Waals surface area contributed by atoms with Crippen LogP contribution >= 0.6 is 0 Å². The van der Waals surface area contributed by atoms with Crippen LogP contribution in [0.1, 0.15) is 38.2 Å². The molecular formula is C17H25NO3. The Morgan fingerprint density at radius 2 is 1.90 bits per heavy atom. The van der Waals surface area contributed by atoms with E-state index >= 15 is 0 Å². The average molecular weight is 291 g/mol. The first kappa shape index (κ1) is 17.1. The van der Waals surface area contributed by atoms with Gasteiger partial charge in [0.1, 0.15) is 0 Å². The summed E-state index contributed by atoms with van der Waals surface area (Å²) in [4.78, 5) is 11.7. The molecule has 21 heavy (non-hydrogen) atoms. The predicted molar refractivity (Wildman–Crippen MR) is 85.7 cm³/mol. The summed E-state index contributed by atoms with van der Waals surface area (Å²) < 4.78 is 10.4. The van der Waals surface area contributed by atoms with E-state index in [4.69, 9.17) is 9.47 Å². The van der Waals surface area contributed by atoms with Gasteiger partial charge in [0.2, 0.25) is 5.91 Å². The molecule has 0 aliphatic rings. The van der Waals surface area contributed by atoms with Crippen LogP contribution in [0.25, 0.3) is 6.08 Å². The van der Waals surface area contributed by atoms with Gasteiger partial charge in [0.25, 0.3) is 0 Å². The molecule has 0 spiro atoms. The van der Waals surface area contributed by atoms with Crippen LogP contribution in [0.15, 0.2) is 24.3 Å². The third-order valence-electron chi connectivity index (χ3n) is 3.16. The van der Waals surface area contributed by atoms with Gasteiger partial charge in [-0.3, -0.25) is 4.79 Å². The molecule has 0 fully saturated rings. The summed E-state index contributed by atoms with van der Waals surface area (Å²) in [6.07, 6.45) is 7.93. The molecule has 0 atom stereocenters. The number of ether oxygens (including phenoxy) is 2. The first-order valence-corrected chi connectivity index (χ1v) is 7.39. The molecule has 4 nitrogen and oxygen atoms in total. The summed E-state index contributed by atoms with van der Waals surface area (Å²) in [6.45, 7) is 2.90. The number of methoxy groups -OCH3 is 2. The third-order valence-corrected chi connectivity index (χ3v) is 3.16. The highest BCUT2D eigenvalue weighted by Crippen LogP contribution is 2.27. The number of hydrogen-bond acceptors (Lipinski definition) is 3. The smallest absolute Gasteiger partial charge is 0.243 e. The van der Waals surface area contributed by atoms with Gasteiger partial charge >= 0.3 is 0 Å². The third kappa shape index (κ3) is 6.34. The largest absolute Gasteiger partial charge is 0.493 e. The first-order valence-electron chi connectivity index (χ1n) is 7.39. The molecule has 1 aromatic carbocycles. The van der Waals surface area contributed by atoms with Crippen LogP contribution in [0.5, 0.6) is 11.5 Å². The van der Waals surface area contributed by atoms with E-state index in [1.807, 2.05) is 18.2 Å². The number of amides is 1. The van der Waals surface area contributed by atoms with Crippen LogP contribution < -0.4 is 14.8 Å². The summed E-state index contributed by atoms with van der Waals surface area (Å²) in [5.41, 5.74) is 0.897. The van der Waals surface area contributed by atoms with Gasteiger partial charge in [0.15, 0.2) is 11.5 Å². The molecule has 1 aromatic rings. The maximum Gasteiger partial charge on any atom is 0.243 e. The fourth-order valence-electron chi connectivity index (χ4n) is 1.95. The molecule has 4 heteroatoms. The monoisotopic (exact) mass is 291 g/mol. The number of carbonyl (C=O) groups is 1. The lowest BCUT2D eigenvalue weighted by molar-refractivity contribution is -0.116. The molecule has 0 saturated heterocycles. The van der Waals surface area contributed by atoms with Crippen molar-refractivity contribution >= 4 is 12.0 Å². The van der Waals surface area contributed by atoms with E-state index in [0.717, 1.165) is 24.9 Å². The van der Waals surface area contributed by atoms with Gasteiger partial charge in [-0.1, -0.05) is 32.3 Å². The van der Waals surface area contributed by atoms with E-state index in [2.05, 4.69) is 12.2 Å². The number of hydrogen-bond donors (Lipinski definition) is 1. The predicted octanol–water partition coefficient (Wildman–Crippen LogP) is 3.41. The Morgan fingerprint density at radius 3 is 2.57 bits per heavy atom. The van der Waals surface area contributed by atoms with Crippen molar-refractivity contribution in [1.82, 2.24) is 5.32 Å². The molecule has 0 heterocycles. The Bertz CT molecular complexity index is 469. The lowest BCUT2D eigenvalue weighted by Crippen LogP contribution is -2.21.